The minimum absolute atomic E-state index is 0.780. The summed E-state index contributed by atoms with van der Waals surface area (Å²) in [5.41, 5.74) is 1.12. The van der Waals surface area contributed by atoms with Crippen LogP contribution in [0.5, 0.6) is 0 Å². The molecule has 2 aromatic rings. The van der Waals surface area contributed by atoms with Gasteiger partial charge in [0.15, 0.2) is 0 Å². The summed E-state index contributed by atoms with van der Waals surface area (Å²) in [4.78, 5) is 5.79. The lowest BCUT2D eigenvalue weighted by molar-refractivity contribution is 0.530. The molecule has 2 heterocycles. The van der Waals surface area contributed by atoms with Gasteiger partial charge in [-0.25, -0.2) is 9.67 Å². The summed E-state index contributed by atoms with van der Waals surface area (Å²) in [6, 6.07) is 0. The second-order valence-corrected chi connectivity index (χ2v) is 6.06. The quantitative estimate of drug-likeness (QED) is 0.805. The smallest absolute Gasteiger partial charge is 0.209 e. The van der Waals surface area contributed by atoms with Crippen molar-refractivity contribution >= 4 is 23.1 Å². The van der Waals surface area contributed by atoms with Crippen molar-refractivity contribution in [2.24, 2.45) is 0 Å². The molecule has 1 N–H and O–H groups in total. The molecular weight excluding hydrogens is 268 g/mol. The van der Waals surface area contributed by atoms with E-state index >= 15 is 0 Å². The molecule has 0 aliphatic heterocycles. The molecule has 0 atom stereocenters. The van der Waals surface area contributed by atoms with Gasteiger partial charge in [-0.15, -0.1) is 16.4 Å². The maximum atomic E-state index is 4.51. The Morgan fingerprint density at radius 3 is 2.89 bits per heavy atom. The van der Waals surface area contributed by atoms with E-state index in [0.29, 0.717) is 0 Å². The SMILES string of the molecule is CNCCn1nnnc1SCc1nc(C)c(C)s1. The molecule has 18 heavy (non-hydrogen) atoms. The van der Waals surface area contributed by atoms with Crippen molar-refractivity contribution in [2.75, 3.05) is 13.6 Å². The van der Waals surface area contributed by atoms with Crippen molar-refractivity contribution in [1.29, 1.82) is 0 Å². The lowest BCUT2D eigenvalue weighted by atomic mass is 10.4. The van der Waals surface area contributed by atoms with Gasteiger partial charge in [-0.05, 0) is 31.3 Å². The lowest BCUT2D eigenvalue weighted by Gasteiger charge is -2.02. The molecule has 0 amide bonds. The number of aromatic nitrogens is 5. The summed E-state index contributed by atoms with van der Waals surface area (Å²) < 4.78 is 1.81. The van der Waals surface area contributed by atoms with Gasteiger partial charge in [0, 0.05) is 11.4 Å². The summed E-state index contributed by atoms with van der Waals surface area (Å²) in [6.07, 6.45) is 0. The van der Waals surface area contributed by atoms with Crippen LogP contribution in [0.4, 0.5) is 0 Å². The molecule has 0 fully saturated rings. The first-order valence-corrected chi connectivity index (χ1v) is 7.47. The predicted molar refractivity (Wildman–Crippen MR) is 72.9 cm³/mol. The van der Waals surface area contributed by atoms with Crippen LogP contribution in [0.3, 0.4) is 0 Å². The molecule has 0 spiro atoms. The van der Waals surface area contributed by atoms with Crippen LogP contribution in [0, 0.1) is 13.8 Å². The Morgan fingerprint density at radius 1 is 1.39 bits per heavy atom. The van der Waals surface area contributed by atoms with Crippen LogP contribution in [0.1, 0.15) is 15.6 Å². The standard InChI is InChI=1S/C10H16N6S2/c1-7-8(2)18-9(12-7)6-17-10-13-14-15-16(10)5-4-11-3/h11H,4-6H2,1-3H3. The second-order valence-electron chi connectivity index (χ2n) is 3.83. The van der Waals surface area contributed by atoms with Gasteiger partial charge in [-0.2, -0.15) is 0 Å². The van der Waals surface area contributed by atoms with Crippen LogP contribution in [-0.4, -0.2) is 38.8 Å². The van der Waals surface area contributed by atoms with Crippen molar-refractivity contribution in [1.82, 2.24) is 30.5 Å². The molecule has 2 aromatic heterocycles. The minimum Gasteiger partial charge on any atom is -0.318 e. The van der Waals surface area contributed by atoms with Crippen molar-refractivity contribution < 1.29 is 0 Å². The van der Waals surface area contributed by atoms with Crippen LogP contribution >= 0.6 is 23.1 Å². The number of rotatable bonds is 6. The van der Waals surface area contributed by atoms with Crippen molar-refractivity contribution in [2.45, 2.75) is 31.3 Å². The largest absolute Gasteiger partial charge is 0.318 e. The lowest BCUT2D eigenvalue weighted by Crippen LogP contribution is -2.16. The first kappa shape index (κ1) is 13.4. The summed E-state index contributed by atoms with van der Waals surface area (Å²) in [7, 11) is 1.91. The molecule has 0 bridgehead atoms. The maximum Gasteiger partial charge on any atom is 0.209 e. The number of thioether (sulfide) groups is 1. The zero-order valence-electron chi connectivity index (χ0n) is 10.7. The van der Waals surface area contributed by atoms with Crippen LogP contribution in [0.2, 0.25) is 0 Å². The Labute approximate surface area is 114 Å². The second kappa shape index (κ2) is 6.26. The van der Waals surface area contributed by atoms with Crippen molar-refractivity contribution in [3.8, 4) is 0 Å². The zero-order chi connectivity index (χ0) is 13.0. The van der Waals surface area contributed by atoms with Gasteiger partial charge in [-0.1, -0.05) is 11.8 Å². The summed E-state index contributed by atoms with van der Waals surface area (Å²) >= 11 is 3.36. The molecule has 0 radical (unpaired) electrons. The Bertz CT molecular complexity index is 487. The fourth-order valence-electron chi connectivity index (χ4n) is 1.39. The fourth-order valence-corrected chi connectivity index (χ4v) is 3.22. The number of tetrazole rings is 1. The van der Waals surface area contributed by atoms with E-state index in [-0.39, 0.29) is 0 Å². The molecule has 8 heteroatoms. The average Bonchev–Trinajstić information content (AvgIpc) is 2.92. The topological polar surface area (TPSA) is 68.5 Å². The molecule has 2 rings (SSSR count). The van der Waals surface area contributed by atoms with Gasteiger partial charge in [0.05, 0.1) is 18.0 Å². The van der Waals surface area contributed by atoms with Crippen LogP contribution < -0.4 is 5.32 Å². The number of likely N-dealkylation sites (N-methyl/N-ethyl adjacent to an activating group) is 1. The van der Waals surface area contributed by atoms with Crippen molar-refractivity contribution in [3.05, 3.63) is 15.6 Å². The number of hydrogen-bond donors (Lipinski definition) is 1. The van der Waals surface area contributed by atoms with Gasteiger partial charge in [-0.3, -0.25) is 0 Å². The Morgan fingerprint density at radius 2 is 2.22 bits per heavy atom. The third kappa shape index (κ3) is 3.27. The maximum absolute atomic E-state index is 4.51. The van der Waals surface area contributed by atoms with E-state index in [9.17, 15) is 0 Å². The number of hydrogen-bond acceptors (Lipinski definition) is 7. The van der Waals surface area contributed by atoms with E-state index < -0.39 is 0 Å². The average molecular weight is 284 g/mol. The molecular formula is C10H16N6S2. The normalized spacial score (nSPS) is 11.1. The highest BCUT2D eigenvalue weighted by atomic mass is 32.2. The van der Waals surface area contributed by atoms with E-state index in [0.717, 1.165) is 34.7 Å². The van der Waals surface area contributed by atoms with Crippen LogP contribution in [0.15, 0.2) is 5.16 Å². The first-order valence-electron chi connectivity index (χ1n) is 5.67. The monoisotopic (exact) mass is 284 g/mol. The Kier molecular flexibility index (Phi) is 4.67. The first-order chi connectivity index (χ1) is 8.70. The van der Waals surface area contributed by atoms with Gasteiger partial charge >= 0.3 is 0 Å². The fraction of sp³-hybridized carbons (Fsp3) is 0.600. The summed E-state index contributed by atoms with van der Waals surface area (Å²) in [5.74, 6) is 0.819. The van der Waals surface area contributed by atoms with Gasteiger partial charge in [0.1, 0.15) is 5.01 Å². The van der Waals surface area contributed by atoms with Gasteiger partial charge < -0.3 is 5.32 Å². The molecule has 0 unspecified atom stereocenters. The zero-order valence-corrected chi connectivity index (χ0v) is 12.3. The van der Waals surface area contributed by atoms with Crippen LogP contribution in [0.25, 0.3) is 0 Å². The molecule has 0 aliphatic carbocycles. The van der Waals surface area contributed by atoms with Gasteiger partial charge in [0.2, 0.25) is 5.16 Å². The summed E-state index contributed by atoms with van der Waals surface area (Å²) in [6.45, 7) is 5.77. The molecule has 98 valence electrons. The van der Waals surface area contributed by atoms with E-state index in [4.69, 9.17) is 0 Å². The molecule has 0 aliphatic rings. The number of nitrogens with zero attached hydrogens (tertiary/aromatic N) is 5. The van der Waals surface area contributed by atoms with E-state index in [1.54, 1.807) is 23.1 Å². The van der Waals surface area contributed by atoms with Crippen LogP contribution in [-0.2, 0) is 12.3 Å². The molecule has 6 nitrogen and oxygen atoms in total. The third-order valence-electron chi connectivity index (χ3n) is 2.47. The highest BCUT2D eigenvalue weighted by Gasteiger charge is 2.09. The highest BCUT2D eigenvalue weighted by molar-refractivity contribution is 7.98. The molecule has 0 saturated carbocycles. The Balaban J connectivity index is 1.95. The highest BCUT2D eigenvalue weighted by Crippen LogP contribution is 2.24. The number of thiazole rings is 1. The van der Waals surface area contributed by atoms with Crippen molar-refractivity contribution in [3.63, 3.8) is 0 Å². The van der Waals surface area contributed by atoms with E-state index in [1.165, 1.54) is 4.88 Å². The number of aryl methyl sites for hydroxylation is 2. The molecule has 0 aromatic carbocycles. The van der Waals surface area contributed by atoms with E-state index in [2.05, 4.69) is 32.7 Å². The summed E-state index contributed by atoms with van der Waals surface area (Å²) in [5, 5.41) is 16.7. The minimum atomic E-state index is 0.780. The predicted octanol–water partition coefficient (Wildman–Crippen LogP) is 1.26. The third-order valence-corrected chi connectivity index (χ3v) is 4.69. The van der Waals surface area contributed by atoms with E-state index in [1.807, 2.05) is 18.7 Å². The van der Waals surface area contributed by atoms with Gasteiger partial charge in [0.25, 0.3) is 0 Å². The number of nitrogens with one attached hydrogen (secondary N) is 1. The molecule has 0 saturated heterocycles. The Hall–Kier alpha value is -0.990.